The molecule has 0 bridgehead atoms. The van der Waals surface area contributed by atoms with Crippen LogP contribution < -0.4 is 0 Å². The molecular weight excluding hydrogens is 689 g/mol. The first-order valence-electron chi connectivity index (χ1n) is 19.7. The molecule has 1 heterocycles. The predicted molar refractivity (Wildman–Crippen MR) is 243 cm³/mol. The number of fused-ring (bicyclic) bond motifs is 8. The van der Waals surface area contributed by atoms with Gasteiger partial charge in [-0.25, -0.2) is 0 Å². The summed E-state index contributed by atoms with van der Waals surface area (Å²) in [6.07, 6.45) is 0. The summed E-state index contributed by atoms with van der Waals surface area (Å²) in [6.45, 7) is 0. The van der Waals surface area contributed by atoms with Gasteiger partial charge in [-0.05, 0) is 93.3 Å². The molecule has 1 aromatic heterocycles. The highest BCUT2D eigenvalue weighted by Crippen LogP contribution is 2.50. The molecule has 0 aliphatic rings. The highest BCUT2D eigenvalue weighted by atomic mass is 16.3. The highest BCUT2D eigenvalue weighted by molar-refractivity contribution is 6.29. The summed E-state index contributed by atoms with van der Waals surface area (Å²) in [7, 11) is 0. The zero-order valence-electron chi connectivity index (χ0n) is 31.0. The SMILES string of the molecule is c1ccc(-c2c3ccccc3c(-c3cccc4oc5c(-c6c7ccccc7c(-c7cccc8ccccc78)c7ccccc67)cccc5c34)c3ccccc23)cc1. The number of rotatable bonds is 4. The summed E-state index contributed by atoms with van der Waals surface area (Å²) in [5.41, 5.74) is 11.5. The number of furan rings is 1. The van der Waals surface area contributed by atoms with Crippen LogP contribution in [0, 0.1) is 0 Å². The third-order valence-corrected chi connectivity index (χ3v) is 12.0. The standard InChI is InChI=1S/C56H34O/c1-2-18-36(19-3-1)51-39-22-6-8-24-41(39)53(42-25-9-7-23-40(42)51)47-31-16-34-50-55(47)49-33-15-32-48(56(49)57-50)54-45-28-12-10-26-43(45)52(44-27-11-13-29-46(44)54)38-30-14-20-35-17-4-5-21-37(35)38/h1-34H. The van der Waals surface area contributed by atoms with Crippen molar-refractivity contribution in [2.24, 2.45) is 0 Å². The van der Waals surface area contributed by atoms with Crippen molar-refractivity contribution in [2.45, 2.75) is 0 Å². The van der Waals surface area contributed by atoms with Crippen molar-refractivity contribution in [3.8, 4) is 44.5 Å². The Hall–Kier alpha value is -7.48. The smallest absolute Gasteiger partial charge is 0.143 e. The average molecular weight is 723 g/mol. The summed E-state index contributed by atoms with van der Waals surface area (Å²) in [6, 6.07) is 75.0. The maximum atomic E-state index is 7.09. The number of hydrogen-bond donors (Lipinski definition) is 0. The van der Waals surface area contributed by atoms with Crippen LogP contribution in [-0.4, -0.2) is 0 Å². The van der Waals surface area contributed by atoms with Crippen LogP contribution in [0.4, 0.5) is 0 Å². The van der Waals surface area contributed by atoms with Gasteiger partial charge in [0.15, 0.2) is 0 Å². The van der Waals surface area contributed by atoms with E-state index >= 15 is 0 Å². The first-order chi connectivity index (χ1) is 28.3. The fourth-order valence-electron chi connectivity index (χ4n) is 9.74. The van der Waals surface area contributed by atoms with Gasteiger partial charge < -0.3 is 4.42 Å². The Morgan fingerprint density at radius 2 is 0.632 bits per heavy atom. The molecular formula is C56H34O. The van der Waals surface area contributed by atoms with Gasteiger partial charge in [0, 0.05) is 21.9 Å². The summed E-state index contributed by atoms with van der Waals surface area (Å²) in [5.74, 6) is 0. The van der Waals surface area contributed by atoms with Crippen LogP contribution in [0.1, 0.15) is 0 Å². The van der Waals surface area contributed by atoms with Gasteiger partial charge in [0.1, 0.15) is 11.2 Å². The minimum Gasteiger partial charge on any atom is -0.455 e. The molecule has 0 amide bonds. The van der Waals surface area contributed by atoms with Gasteiger partial charge in [-0.15, -0.1) is 0 Å². The maximum absolute atomic E-state index is 7.09. The predicted octanol–water partition coefficient (Wildman–Crippen LogP) is 16.0. The molecule has 12 rings (SSSR count). The molecule has 0 atom stereocenters. The first kappa shape index (κ1) is 31.8. The van der Waals surface area contributed by atoms with Crippen molar-refractivity contribution < 1.29 is 4.42 Å². The Bertz CT molecular complexity index is 3450. The summed E-state index contributed by atoms with van der Waals surface area (Å²) in [5, 5.41) is 14.6. The third kappa shape index (κ3) is 4.70. The second kappa shape index (κ2) is 12.5. The number of benzene rings is 11. The van der Waals surface area contributed by atoms with E-state index in [1.807, 2.05) is 0 Å². The molecule has 0 saturated carbocycles. The lowest BCUT2D eigenvalue weighted by molar-refractivity contribution is 0.670. The molecule has 0 saturated heterocycles. The van der Waals surface area contributed by atoms with Gasteiger partial charge in [-0.1, -0.05) is 200 Å². The van der Waals surface area contributed by atoms with Gasteiger partial charge in [-0.3, -0.25) is 0 Å². The molecule has 1 heteroatoms. The van der Waals surface area contributed by atoms with E-state index in [4.69, 9.17) is 4.42 Å². The minimum atomic E-state index is 0.885. The van der Waals surface area contributed by atoms with E-state index in [1.165, 1.54) is 92.8 Å². The minimum absolute atomic E-state index is 0.885. The van der Waals surface area contributed by atoms with Crippen LogP contribution in [-0.2, 0) is 0 Å². The van der Waals surface area contributed by atoms with E-state index in [-0.39, 0.29) is 0 Å². The Balaban J connectivity index is 1.17. The van der Waals surface area contributed by atoms with Crippen molar-refractivity contribution in [1.29, 1.82) is 0 Å². The first-order valence-corrected chi connectivity index (χ1v) is 19.7. The second-order valence-electron chi connectivity index (χ2n) is 15.0. The van der Waals surface area contributed by atoms with Crippen molar-refractivity contribution in [1.82, 2.24) is 0 Å². The Kier molecular flexibility index (Phi) is 7.00. The van der Waals surface area contributed by atoms with E-state index in [0.717, 1.165) is 27.5 Å². The van der Waals surface area contributed by atoms with Crippen LogP contribution in [0.5, 0.6) is 0 Å². The van der Waals surface area contributed by atoms with Crippen LogP contribution in [0.15, 0.2) is 211 Å². The van der Waals surface area contributed by atoms with E-state index < -0.39 is 0 Å². The second-order valence-corrected chi connectivity index (χ2v) is 15.0. The molecule has 57 heavy (non-hydrogen) atoms. The lowest BCUT2D eigenvalue weighted by Gasteiger charge is -2.19. The van der Waals surface area contributed by atoms with E-state index in [9.17, 15) is 0 Å². The molecule has 0 spiro atoms. The maximum Gasteiger partial charge on any atom is 0.143 e. The summed E-state index contributed by atoms with van der Waals surface area (Å²) >= 11 is 0. The lowest BCUT2D eigenvalue weighted by atomic mass is 9.84. The topological polar surface area (TPSA) is 13.1 Å². The highest BCUT2D eigenvalue weighted by Gasteiger charge is 2.24. The zero-order chi connectivity index (χ0) is 37.5. The largest absolute Gasteiger partial charge is 0.455 e. The van der Waals surface area contributed by atoms with Gasteiger partial charge in [-0.2, -0.15) is 0 Å². The van der Waals surface area contributed by atoms with Crippen molar-refractivity contribution in [3.63, 3.8) is 0 Å². The monoisotopic (exact) mass is 722 g/mol. The summed E-state index contributed by atoms with van der Waals surface area (Å²) in [4.78, 5) is 0. The molecule has 0 radical (unpaired) electrons. The van der Waals surface area contributed by atoms with E-state index in [2.05, 4.69) is 206 Å². The van der Waals surface area contributed by atoms with Gasteiger partial charge in [0.25, 0.3) is 0 Å². The Morgan fingerprint density at radius 1 is 0.246 bits per heavy atom. The van der Waals surface area contributed by atoms with E-state index in [0.29, 0.717) is 0 Å². The molecule has 11 aromatic carbocycles. The normalized spacial score (nSPS) is 11.9. The van der Waals surface area contributed by atoms with Crippen LogP contribution in [0.25, 0.3) is 120 Å². The Labute approximate surface area is 329 Å². The fraction of sp³-hybridized carbons (Fsp3) is 0. The molecule has 0 N–H and O–H groups in total. The Morgan fingerprint density at radius 3 is 1.23 bits per heavy atom. The van der Waals surface area contributed by atoms with Crippen molar-refractivity contribution >= 4 is 75.8 Å². The van der Waals surface area contributed by atoms with Crippen molar-refractivity contribution in [3.05, 3.63) is 206 Å². The molecule has 0 fully saturated rings. The van der Waals surface area contributed by atoms with Crippen molar-refractivity contribution in [2.75, 3.05) is 0 Å². The molecule has 1 nitrogen and oxygen atoms in total. The zero-order valence-corrected chi connectivity index (χ0v) is 31.0. The quantitative estimate of drug-likeness (QED) is 0.165. The number of para-hydroxylation sites is 1. The third-order valence-electron chi connectivity index (χ3n) is 12.0. The molecule has 0 aliphatic carbocycles. The molecule has 264 valence electrons. The molecule has 0 aliphatic heterocycles. The van der Waals surface area contributed by atoms with Crippen LogP contribution in [0.3, 0.4) is 0 Å². The van der Waals surface area contributed by atoms with E-state index in [1.54, 1.807) is 0 Å². The van der Waals surface area contributed by atoms with Gasteiger partial charge >= 0.3 is 0 Å². The number of hydrogen-bond acceptors (Lipinski definition) is 1. The molecule has 0 unspecified atom stereocenters. The molecule has 12 aromatic rings. The van der Waals surface area contributed by atoms with Crippen LogP contribution >= 0.6 is 0 Å². The summed E-state index contributed by atoms with van der Waals surface area (Å²) < 4.78 is 7.09. The fourth-order valence-corrected chi connectivity index (χ4v) is 9.74. The van der Waals surface area contributed by atoms with Gasteiger partial charge in [0.2, 0.25) is 0 Å². The average Bonchev–Trinajstić information content (AvgIpc) is 3.67. The van der Waals surface area contributed by atoms with Gasteiger partial charge in [0.05, 0.1) is 0 Å². The van der Waals surface area contributed by atoms with Crippen LogP contribution in [0.2, 0.25) is 0 Å². The lowest BCUT2D eigenvalue weighted by Crippen LogP contribution is -1.92.